The number of nitrogens with zero attached hydrogens (tertiary/aromatic N) is 2. The summed E-state index contributed by atoms with van der Waals surface area (Å²) < 4.78 is 6.63. The summed E-state index contributed by atoms with van der Waals surface area (Å²) in [6, 6.07) is 9.66. The minimum atomic E-state index is -1.11. The second kappa shape index (κ2) is 6.84. The highest BCUT2D eigenvalue weighted by atomic mass is 16.5. The molecule has 1 unspecified atom stereocenters. The molecule has 0 spiro atoms. The van der Waals surface area contributed by atoms with E-state index in [1.807, 2.05) is 35.0 Å². The van der Waals surface area contributed by atoms with E-state index in [-0.39, 0.29) is 12.5 Å². The number of aliphatic carboxylic acids is 1. The van der Waals surface area contributed by atoms with Gasteiger partial charge in [-0.3, -0.25) is 4.79 Å². The van der Waals surface area contributed by atoms with Crippen LogP contribution in [0, 0.1) is 0 Å². The zero-order valence-corrected chi connectivity index (χ0v) is 13.4. The van der Waals surface area contributed by atoms with Crippen LogP contribution in [0.5, 0.6) is 0 Å². The molecular weight excluding hydrogens is 310 g/mol. The maximum atomic E-state index is 12.5. The Morgan fingerprint density at radius 2 is 2.08 bits per heavy atom. The van der Waals surface area contributed by atoms with Gasteiger partial charge in [-0.2, -0.15) is 5.10 Å². The van der Waals surface area contributed by atoms with Gasteiger partial charge in [-0.05, 0) is 31.4 Å². The maximum absolute atomic E-state index is 12.5. The van der Waals surface area contributed by atoms with Crippen molar-refractivity contribution >= 4 is 11.9 Å². The van der Waals surface area contributed by atoms with Crippen molar-refractivity contribution in [2.24, 2.45) is 0 Å². The Bertz CT molecular complexity index is 755. The number of ether oxygens (including phenoxy) is 1. The molecule has 7 heteroatoms. The molecule has 0 saturated heterocycles. The van der Waals surface area contributed by atoms with E-state index >= 15 is 0 Å². The number of para-hydroxylation sites is 1. The molecule has 1 aromatic carbocycles. The van der Waals surface area contributed by atoms with Crippen molar-refractivity contribution in [1.29, 1.82) is 0 Å². The van der Waals surface area contributed by atoms with Crippen LogP contribution in [-0.2, 0) is 22.4 Å². The summed E-state index contributed by atoms with van der Waals surface area (Å²) in [6.45, 7) is -0.0996. The van der Waals surface area contributed by atoms with Crippen molar-refractivity contribution in [2.45, 2.75) is 25.4 Å². The summed E-state index contributed by atoms with van der Waals surface area (Å²) in [6.07, 6.45) is 1.59. The van der Waals surface area contributed by atoms with E-state index in [9.17, 15) is 9.59 Å². The fraction of sp³-hybridized carbons (Fsp3) is 0.353. The predicted octanol–water partition coefficient (Wildman–Crippen LogP) is 1.19. The van der Waals surface area contributed by atoms with Gasteiger partial charge in [0.15, 0.2) is 11.8 Å². The summed E-state index contributed by atoms with van der Waals surface area (Å²) in [4.78, 5) is 23.4. The lowest BCUT2D eigenvalue weighted by Crippen LogP contribution is -2.38. The van der Waals surface area contributed by atoms with Crippen LogP contribution in [0.2, 0.25) is 0 Å². The molecule has 24 heavy (non-hydrogen) atoms. The Balaban J connectivity index is 1.84. The number of hydrogen-bond donors (Lipinski definition) is 2. The Hall–Kier alpha value is -2.67. The first-order valence-electron chi connectivity index (χ1n) is 7.81. The molecule has 126 valence electrons. The number of aromatic nitrogens is 2. The van der Waals surface area contributed by atoms with Crippen LogP contribution < -0.4 is 5.32 Å². The van der Waals surface area contributed by atoms with Crippen molar-refractivity contribution in [2.75, 3.05) is 13.7 Å². The second-order valence-electron chi connectivity index (χ2n) is 5.65. The van der Waals surface area contributed by atoms with E-state index in [4.69, 9.17) is 9.84 Å². The van der Waals surface area contributed by atoms with Gasteiger partial charge >= 0.3 is 5.97 Å². The van der Waals surface area contributed by atoms with Gasteiger partial charge in [0.25, 0.3) is 5.91 Å². The lowest BCUT2D eigenvalue weighted by molar-refractivity contribution is -0.148. The molecular formula is C17H19N3O4. The van der Waals surface area contributed by atoms with E-state index in [2.05, 4.69) is 10.4 Å². The molecule has 2 N–H and O–H groups in total. The smallest absolute Gasteiger partial charge is 0.334 e. The third-order valence-electron chi connectivity index (χ3n) is 4.15. The maximum Gasteiger partial charge on any atom is 0.334 e. The number of carboxylic acids is 1. The van der Waals surface area contributed by atoms with Gasteiger partial charge < -0.3 is 15.2 Å². The fourth-order valence-electron chi connectivity index (χ4n) is 2.94. The molecule has 7 nitrogen and oxygen atoms in total. The molecule has 3 rings (SSSR count). The number of fused-ring (bicyclic) bond motifs is 1. The highest BCUT2D eigenvalue weighted by molar-refractivity contribution is 5.94. The van der Waals surface area contributed by atoms with Crippen molar-refractivity contribution < 1.29 is 19.4 Å². The van der Waals surface area contributed by atoms with Gasteiger partial charge in [-0.1, -0.05) is 18.2 Å². The van der Waals surface area contributed by atoms with Gasteiger partial charge in [0.2, 0.25) is 0 Å². The van der Waals surface area contributed by atoms with Gasteiger partial charge in [-0.15, -0.1) is 0 Å². The molecule has 1 aliphatic rings. The van der Waals surface area contributed by atoms with Gasteiger partial charge in [0, 0.05) is 18.4 Å². The number of nitrogens with one attached hydrogen (secondary N) is 1. The number of carbonyl (C=O) groups excluding carboxylic acids is 1. The van der Waals surface area contributed by atoms with Crippen LogP contribution in [0.3, 0.4) is 0 Å². The summed E-state index contributed by atoms with van der Waals surface area (Å²) in [5, 5.41) is 16.0. The number of rotatable bonds is 6. The topological polar surface area (TPSA) is 93.5 Å². The first kappa shape index (κ1) is 16.2. The molecule has 1 atom stereocenters. The Labute approximate surface area is 139 Å². The SMILES string of the molecule is COC(CNC(=O)c1nn(-c2ccccc2)c2c1CCC2)C(=O)O. The Kier molecular flexibility index (Phi) is 4.61. The summed E-state index contributed by atoms with van der Waals surface area (Å²) >= 11 is 0. The van der Waals surface area contributed by atoms with Crippen LogP contribution in [0.4, 0.5) is 0 Å². The number of benzene rings is 1. The van der Waals surface area contributed by atoms with E-state index in [0.29, 0.717) is 5.69 Å². The van der Waals surface area contributed by atoms with Crippen molar-refractivity contribution in [3.8, 4) is 5.69 Å². The molecule has 0 saturated carbocycles. The normalized spacial score (nSPS) is 14.2. The highest BCUT2D eigenvalue weighted by Crippen LogP contribution is 2.27. The Morgan fingerprint density at radius 3 is 2.75 bits per heavy atom. The molecule has 0 fully saturated rings. The monoisotopic (exact) mass is 329 g/mol. The lowest BCUT2D eigenvalue weighted by atomic mass is 10.2. The number of carbonyl (C=O) groups is 2. The number of amides is 1. The van der Waals surface area contributed by atoms with Crippen molar-refractivity contribution in [1.82, 2.24) is 15.1 Å². The van der Waals surface area contributed by atoms with E-state index in [1.165, 1.54) is 7.11 Å². The third kappa shape index (κ3) is 3.03. The van der Waals surface area contributed by atoms with Gasteiger partial charge in [0.1, 0.15) is 0 Å². The van der Waals surface area contributed by atoms with Gasteiger partial charge in [0.05, 0.1) is 12.2 Å². The lowest BCUT2D eigenvalue weighted by Gasteiger charge is -2.11. The van der Waals surface area contributed by atoms with Crippen LogP contribution >= 0.6 is 0 Å². The number of hydrogen-bond acceptors (Lipinski definition) is 4. The third-order valence-corrected chi connectivity index (χ3v) is 4.15. The zero-order valence-electron chi connectivity index (χ0n) is 13.4. The molecule has 1 aromatic heterocycles. The molecule has 0 bridgehead atoms. The summed E-state index contributed by atoms with van der Waals surface area (Å²) in [7, 11) is 1.30. The van der Waals surface area contributed by atoms with Gasteiger partial charge in [-0.25, -0.2) is 9.48 Å². The van der Waals surface area contributed by atoms with Crippen molar-refractivity contribution in [3.05, 3.63) is 47.3 Å². The molecule has 1 aliphatic carbocycles. The average molecular weight is 329 g/mol. The molecule has 0 aliphatic heterocycles. The fourth-order valence-corrected chi connectivity index (χ4v) is 2.94. The summed E-state index contributed by atoms with van der Waals surface area (Å²) in [5.41, 5.74) is 3.27. The highest BCUT2D eigenvalue weighted by Gasteiger charge is 2.27. The molecule has 2 aromatic rings. The Morgan fingerprint density at radius 1 is 1.33 bits per heavy atom. The van der Waals surface area contributed by atoms with Crippen LogP contribution in [0.25, 0.3) is 5.69 Å². The van der Waals surface area contributed by atoms with Crippen LogP contribution in [-0.4, -0.2) is 46.5 Å². The van der Waals surface area contributed by atoms with E-state index in [1.54, 1.807) is 0 Å². The van der Waals surface area contributed by atoms with E-state index in [0.717, 1.165) is 36.2 Å². The first-order chi connectivity index (χ1) is 11.6. The minimum Gasteiger partial charge on any atom is -0.479 e. The quantitative estimate of drug-likeness (QED) is 0.830. The predicted molar refractivity (Wildman–Crippen MR) is 86.4 cm³/mol. The van der Waals surface area contributed by atoms with E-state index < -0.39 is 12.1 Å². The second-order valence-corrected chi connectivity index (χ2v) is 5.65. The molecule has 1 heterocycles. The average Bonchev–Trinajstić information content (AvgIpc) is 3.18. The molecule has 0 radical (unpaired) electrons. The van der Waals surface area contributed by atoms with Crippen LogP contribution in [0.15, 0.2) is 30.3 Å². The number of carboxylic acid groups (broad SMARTS) is 1. The first-order valence-corrected chi connectivity index (χ1v) is 7.81. The van der Waals surface area contributed by atoms with Crippen molar-refractivity contribution in [3.63, 3.8) is 0 Å². The largest absolute Gasteiger partial charge is 0.479 e. The number of methoxy groups -OCH3 is 1. The summed E-state index contributed by atoms with van der Waals surface area (Å²) in [5.74, 6) is -1.48. The zero-order chi connectivity index (χ0) is 17.1. The molecule has 1 amide bonds. The standard InChI is InChI=1S/C17H19N3O4/c1-24-14(17(22)23)10-18-16(21)15-12-8-5-9-13(12)20(19-15)11-6-3-2-4-7-11/h2-4,6-7,14H,5,8-10H2,1H3,(H,18,21)(H,22,23). The minimum absolute atomic E-state index is 0.0996. The van der Waals surface area contributed by atoms with Crippen LogP contribution in [0.1, 0.15) is 28.2 Å².